The average Bonchev–Trinajstić information content (AvgIpc) is 2.73. The van der Waals surface area contributed by atoms with Crippen LogP contribution >= 0.6 is 0 Å². The fourth-order valence-corrected chi connectivity index (χ4v) is 4.48. The van der Waals surface area contributed by atoms with Gasteiger partial charge in [-0.15, -0.1) is 0 Å². The summed E-state index contributed by atoms with van der Waals surface area (Å²) in [5.41, 5.74) is 2.76. The molecule has 5 nitrogen and oxygen atoms in total. The topological polar surface area (TPSA) is 66.5 Å². The number of hydrogen-bond acceptors (Lipinski definition) is 4. The summed E-state index contributed by atoms with van der Waals surface area (Å²) in [4.78, 5) is 15.5. The molecule has 1 amide bonds. The molecule has 0 radical (unpaired) electrons. The van der Waals surface area contributed by atoms with Gasteiger partial charge in [0.15, 0.2) is 9.84 Å². The number of hydrogen-bond donors (Lipinski definition) is 1. The molecular formula is C24H32N2O3S. The maximum Gasteiger partial charge on any atom is 0.251 e. The summed E-state index contributed by atoms with van der Waals surface area (Å²) in [6, 6.07) is 14.4. The van der Waals surface area contributed by atoms with Gasteiger partial charge in [0.2, 0.25) is 0 Å². The molecule has 6 heteroatoms. The lowest BCUT2D eigenvalue weighted by Crippen LogP contribution is -2.32. The van der Waals surface area contributed by atoms with Gasteiger partial charge in [-0.25, -0.2) is 8.42 Å². The number of nitrogens with zero attached hydrogens (tertiary/aromatic N) is 1. The van der Waals surface area contributed by atoms with Crippen molar-refractivity contribution in [3.05, 3.63) is 65.2 Å². The minimum atomic E-state index is -3.23. The van der Waals surface area contributed by atoms with E-state index in [9.17, 15) is 13.2 Å². The van der Waals surface area contributed by atoms with E-state index in [0.717, 1.165) is 37.5 Å². The van der Waals surface area contributed by atoms with Gasteiger partial charge >= 0.3 is 0 Å². The van der Waals surface area contributed by atoms with Crippen LogP contribution in [0.15, 0.2) is 53.4 Å². The Labute approximate surface area is 180 Å². The molecule has 0 unspecified atom stereocenters. The highest BCUT2D eigenvalue weighted by molar-refractivity contribution is 7.90. The molecule has 1 saturated heterocycles. The highest BCUT2D eigenvalue weighted by Crippen LogP contribution is 2.21. The second-order valence-electron chi connectivity index (χ2n) is 8.43. The van der Waals surface area contributed by atoms with Gasteiger partial charge < -0.3 is 5.32 Å². The maximum atomic E-state index is 12.7. The molecule has 3 rings (SSSR count). The molecule has 1 heterocycles. The molecular weight excluding hydrogens is 396 g/mol. The van der Waals surface area contributed by atoms with Crippen molar-refractivity contribution in [1.82, 2.24) is 10.2 Å². The number of rotatable bonds is 7. The zero-order valence-electron chi connectivity index (χ0n) is 18.1. The van der Waals surface area contributed by atoms with Crippen molar-refractivity contribution < 1.29 is 13.2 Å². The molecule has 1 fully saturated rings. The number of sulfone groups is 1. The van der Waals surface area contributed by atoms with E-state index in [-0.39, 0.29) is 16.8 Å². The first-order valence-corrected chi connectivity index (χ1v) is 12.6. The zero-order chi connectivity index (χ0) is 21.7. The van der Waals surface area contributed by atoms with Gasteiger partial charge in [-0.05, 0) is 73.7 Å². The molecule has 1 aliphatic rings. The van der Waals surface area contributed by atoms with Gasteiger partial charge in [-0.3, -0.25) is 9.69 Å². The third-order valence-corrected chi connectivity index (χ3v) is 7.05. The van der Waals surface area contributed by atoms with Gasteiger partial charge in [-0.1, -0.05) is 38.1 Å². The van der Waals surface area contributed by atoms with E-state index < -0.39 is 9.84 Å². The predicted molar refractivity (Wildman–Crippen MR) is 120 cm³/mol. The Hall–Kier alpha value is -2.18. The molecule has 2 aromatic rings. The van der Waals surface area contributed by atoms with Crippen LogP contribution in [0.1, 0.15) is 60.6 Å². The van der Waals surface area contributed by atoms with Crippen LogP contribution in [0.4, 0.5) is 0 Å². The van der Waals surface area contributed by atoms with Crippen molar-refractivity contribution in [3.63, 3.8) is 0 Å². The van der Waals surface area contributed by atoms with Crippen molar-refractivity contribution in [1.29, 1.82) is 0 Å². The monoisotopic (exact) mass is 428 g/mol. The molecule has 0 aliphatic carbocycles. The van der Waals surface area contributed by atoms with Crippen LogP contribution < -0.4 is 5.32 Å². The molecule has 0 spiro atoms. The van der Waals surface area contributed by atoms with Crippen molar-refractivity contribution >= 4 is 15.7 Å². The zero-order valence-corrected chi connectivity index (χ0v) is 18.9. The number of benzene rings is 2. The van der Waals surface area contributed by atoms with Crippen molar-refractivity contribution in [3.8, 4) is 0 Å². The first-order chi connectivity index (χ1) is 14.3. The van der Waals surface area contributed by atoms with E-state index in [2.05, 4.69) is 17.1 Å². The quantitative estimate of drug-likeness (QED) is 0.718. The Morgan fingerprint density at radius 3 is 2.20 bits per heavy atom. The Morgan fingerprint density at radius 1 is 1.07 bits per heavy atom. The highest BCUT2D eigenvalue weighted by atomic mass is 32.2. The number of carbonyl (C=O) groups excluding carboxylic acids is 1. The lowest BCUT2D eigenvalue weighted by Gasteiger charge is -2.30. The predicted octanol–water partition coefficient (Wildman–Crippen LogP) is 4.20. The van der Waals surface area contributed by atoms with E-state index in [1.807, 2.05) is 31.2 Å². The lowest BCUT2D eigenvalue weighted by atomic mass is 9.98. The van der Waals surface area contributed by atoms with Crippen molar-refractivity contribution in [2.24, 2.45) is 5.92 Å². The van der Waals surface area contributed by atoms with E-state index in [1.54, 1.807) is 24.3 Å². The standard InChI is InChI=1S/C24H32N2O3S/c1-4-23(20-9-11-22(12-10-20)30(3,28)29)25-24(27)21-7-5-19(6-8-21)17-26-15-13-18(2)14-16-26/h5-12,18,23H,4,13-17H2,1-3H3,(H,25,27)/t23-/m1/s1. The summed E-state index contributed by atoms with van der Waals surface area (Å²) in [5, 5.41) is 3.06. The van der Waals surface area contributed by atoms with E-state index in [0.29, 0.717) is 5.56 Å². The maximum absolute atomic E-state index is 12.7. The number of piperidine rings is 1. The van der Waals surface area contributed by atoms with E-state index in [1.165, 1.54) is 24.7 Å². The van der Waals surface area contributed by atoms with Crippen molar-refractivity contribution in [2.45, 2.75) is 50.6 Å². The minimum Gasteiger partial charge on any atom is -0.345 e. The van der Waals surface area contributed by atoms with Gasteiger partial charge in [0.1, 0.15) is 0 Å². The van der Waals surface area contributed by atoms with Crippen LogP contribution in [0, 0.1) is 5.92 Å². The number of carbonyl (C=O) groups is 1. The number of likely N-dealkylation sites (tertiary alicyclic amines) is 1. The van der Waals surface area contributed by atoms with Crippen LogP contribution in [0.2, 0.25) is 0 Å². The normalized spacial score (nSPS) is 16.9. The molecule has 2 aromatic carbocycles. The third-order valence-electron chi connectivity index (χ3n) is 5.92. The Kier molecular flexibility index (Phi) is 7.32. The van der Waals surface area contributed by atoms with Crippen LogP contribution in [-0.4, -0.2) is 38.6 Å². The van der Waals surface area contributed by atoms with Crippen LogP contribution in [-0.2, 0) is 16.4 Å². The molecule has 1 atom stereocenters. The summed E-state index contributed by atoms with van der Waals surface area (Å²) in [6.45, 7) is 7.52. The van der Waals surface area contributed by atoms with Crippen LogP contribution in [0.5, 0.6) is 0 Å². The summed E-state index contributed by atoms with van der Waals surface area (Å²) >= 11 is 0. The van der Waals surface area contributed by atoms with Gasteiger partial charge in [0.25, 0.3) is 5.91 Å². The Balaban J connectivity index is 1.61. The molecule has 0 saturated carbocycles. The molecule has 0 bridgehead atoms. The average molecular weight is 429 g/mol. The van der Waals surface area contributed by atoms with Crippen LogP contribution in [0.25, 0.3) is 0 Å². The minimum absolute atomic E-state index is 0.118. The Morgan fingerprint density at radius 2 is 1.67 bits per heavy atom. The third kappa shape index (κ3) is 5.92. The first kappa shape index (κ1) is 22.5. The van der Waals surface area contributed by atoms with Crippen LogP contribution in [0.3, 0.4) is 0 Å². The van der Waals surface area contributed by atoms with E-state index in [4.69, 9.17) is 0 Å². The molecule has 1 aliphatic heterocycles. The fraction of sp³-hybridized carbons (Fsp3) is 0.458. The smallest absolute Gasteiger partial charge is 0.251 e. The summed E-state index contributed by atoms with van der Waals surface area (Å²) < 4.78 is 23.3. The largest absolute Gasteiger partial charge is 0.345 e. The lowest BCUT2D eigenvalue weighted by molar-refractivity contribution is 0.0935. The summed E-state index contributed by atoms with van der Waals surface area (Å²) in [5.74, 6) is 0.703. The fourth-order valence-electron chi connectivity index (χ4n) is 3.85. The number of amides is 1. The summed E-state index contributed by atoms with van der Waals surface area (Å²) in [7, 11) is -3.23. The SMILES string of the molecule is CC[C@@H](NC(=O)c1ccc(CN2CCC(C)CC2)cc1)c1ccc(S(C)(=O)=O)cc1. The molecule has 30 heavy (non-hydrogen) atoms. The Bertz CT molecular complexity index is 945. The van der Waals surface area contributed by atoms with Gasteiger partial charge in [0.05, 0.1) is 10.9 Å². The summed E-state index contributed by atoms with van der Waals surface area (Å²) in [6.07, 6.45) is 4.42. The highest BCUT2D eigenvalue weighted by Gasteiger charge is 2.17. The van der Waals surface area contributed by atoms with Gasteiger partial charge in [-0.2, -0.15) is 0 Å². The number of nitrogens with one attached hydrogen (secondary N) is 1. The van der Waals surface area contributed by atoms with E-state index >= 15 is 0 Å². The second kappa shape index (κ2) is 9.75. The second-order valence-corrected chi connectivity index (χ2v) is 10.4. The first-order valence-electron chi connectivity index (χ1n) is 10.7. The van der Waals surface area contributed by atoms with Crippen molar-refractivity contribution in [2.75, 3.05) is 19.3 Å². The molecule has 162 valence electrons. The van der Waals surface area contributed by atoms with Gasteiger partial charge in [0, 0.05) is 18.4 Å². The molecule has 1 N–H and O–H groups in total. The molecule has 0 aromatic heterocycles.